The smallest absolute Gasteiger partial charge is 0.274 e. The largest absolute Gasteiger partial charge is 0.372 e. The van der Waals surface area contributed by atoms with E-state index in [4.69, 9.17) is 0 Å². The molecule has 0 radical (unpaired) electrons. The standard InChI is InChI=1S/C22H24FN5O/c1-3-28(4-2)19-11-9-18(10-12-19)27-22(29)20-13-21(26-15-25-20)24-14-16-5-7-17(23)8-6-16/h5-13,15H,3-4,14H2,1-2H3,(H,27,29)(H,24,25,26). The van der Waals surface area contributed by atoms with Gasteiger partial charge < -0.3 is 15.5 Å². The van der Waals surface area contributed by atoms with Gasteiger partial charge in [0.15, 0.2) is 0 Å². The van der Waals surface area contributed by atoms with E-state index in [1.165, 1.54) is 18.5 Å². The Labute approximate surface area is 169 Å². The zero-order chi connectivity index (χ0) is 20.6. The Balaban J connectivity index is 1.62. The minimum absolute atomic E-state index is 0.259. The molecular weight excluding hydrogens is 369 g/mol. The molecule has 3 aromatic rings. The quantitative estimate of drug-likeness (QED) is 0.596. The molecule has 0 saturated carbocycles. The number of nitrogens with one attached hydrogen (secondary N) is 2. The lowest BCUT2D eigenvalue weighted by atomic mass is 10.2. The van der Waals surface area contributed by atoms with Crippen molar-refractivity contribution < 1.29 is 9.18 Å². The molecule has 7 heteroatoms. The highest BCUT2D eigenvalue weighted by molar-refractivity contribution is 6.03. The molecule has 150 valence electrons. The van der Waals surface area contributed by atoms with Crippen molar-refractivity contribution in [3.8, 4) is 0 Å². The summed E-state index contributed by atoms with van der Waals surface area (Å²) in [5.41, 5.74) is 2.98. The Morgan fingerprint density at radius 3 is 2.34 bits per heavy atom. The number of carbonyl (C=O) groups excluding carboxylic acids is 1. The van der Waals surface area contributed by atoms with E-state index in [1.54, 1.807) is 18.2 Å². The third-order valence-electron chi connectivity index (χ3n) is 4.54. The number of hydrogen-bond donors (Lipinski definition) is 2. The van der Waals surface area contributed by atoms with Crippen LogP contribution in [0.25, 0.3) is 0 Å². The fourth-order valence-electron chi connectivity index (χ4n) is 2.91. The number of amides is 1. The van der Waals surface area contributed by atoms with Gasteiger partial charge in [-0.1, -0.05) is 12.1 Å². The maximum atomic E-state index is 13.0. The lowest BCUT2D eigenvalue weighted by Gasteiger charge is -2.21. The fourth-order valence-corrected chi connectivity index (χ4v) is 2.91. The van der Waals surface area contributed by atoms with Gasteiger partial charge in [0.1, 0.15) is 23.7 Å². The van der Waals surface area contributed by atoms with Gasteiger partial charge in [-0.25, -0.2) is 14.4 Å². The first-order chi connectivity index (χ1) is 14.1. The van der Waals surface area contributed by atoms with Gasteiger partial charge in [0.2, 0.25) is 0 Å². The van der Waals surface area contributed by atoms with Crippen molar-refractivity contribution in [1.29, 1.82) is 0 Å². The molecule has 3 rings (SSSR count). The minimum Gasteiger partial charge on any atom is -0.372 e. The van der Waals surface area contributed by atoms with E-state index in [2.05, 4.69) is 39.3 Å². The molecule has 0 aliphatic rings. The van der Waals surface area contributed by atoms with Crippen molar-refractivity contribution in [2.75, 3.05) is 28.6 Å². The van der Waals surface area contributed by atoms with Crippen LogP contribution in [-0.2, 0) is 6.54 Å². The molecule has 2 N–H and O–H groups in total. The van der Waals surface area contributed by atoms with Crippen molar-refractivity contribution in [2.24, 2.45) is 0 Å². The average molecular weight is 393 g/mol. The summed E-state index contributed by atoms with van der Waals surface area (Å²) < 4.78 is 13.0. The summed E-state index contributed by atoms with van der Waals surface area (Å²) in [4.78, 5) is 22.9. The minimum atomic E-state index is -0.312. The second-order valence-electron chi connectivity index (χ2n) is 6.44. The summed E-state index contributed by atoms with van der Waals surface area (Å²) >= 11 is 0. The van der Waals surface area contributed by atoms with E-state index >= 15 is 0 Å². The van der Waals surface area contributed by atoms with Gasteiger partial charge in [0.25, 0.3) is 5.91 Å². The van der Waals surface area contributed by atoms with Crippen LogP contribution in [0, 0.1) is 5.82 Å². The number of hydrogen-bond acceptors (Lipinski definition) is 5. The van der Waals surface area contributed by atoms with Gasteiger partial charge in [-0.15, -0.1) is 0 Å². The SMILES string of the molecule is CCN(CC)c1ccc(NC(=O)c2cc(NCc3ccc(F)cc3)ncn2)cc1. The number of anilines is 3. The maximum Gasteiger partial charge on any atom is 0.274 e. The normalized spacial score (nSPS) is 10.4. The third kappa shape index (κ3) is 5.51. The van der Waals surface area contributed by atoms with Crippen LogP contribution in [0.15, 0.2) is 60.9 Å². The zero-order valence-corrected chi connectivity index (χ0v) is 16.5. The maximum absolute atomic E-state index is 13.0. The van der Waals surface area contributed by atoms with Crippen LogP contribution in [0.3, 0.4) is 0 Å². The van der Waals surface area contributed by atoms with E-state index < -0.39 is 0 Å². The topological polar surface area (TPSA) is 70.2 Å². The van der Waals surface area contributed by atoms with Crippen LogP contribution in [0.4, 0.5) is 21.6 Å². The highest BCUT2D eigenvalue weighted by Gasteiger charge is 2.10. The lowest BCUT2D eigenvalue weighted by molar-refractivity contribution is 0.102. The Bertz CT molecular complexity index is 940. The molecule has 0 aliphatic carbocycles. The summed E-state index contributed by atoms with van der Waals surface area (Å²) in [7, 11) is 0. The number of carbonyl (C=O) groups is 1. The van der Waals surface area contributed by atoms with Gasteiger partial charge in [-0.3, -0.25) is 4.79 Å². The first-order valence-corrected chi connectivity index (χ1v) is 9.55. The molecule has 0 unspecified atom stereocenters. The molecule has 1 amide bonds. The molecule has 1 aromatic heterocycles. The van der Waals surface area contributed by atoms with Gasteiger partial charge >= 0.3 is 0 Å². The molecule has 1 heterocycles. The molecular formula is C22H24FN5O. The van der Waals surface area contributed by atoms with Gasteiger partial charge in [-0.2, -0.15) is 0 Å². The Hall–Kier alpha value is -3.48. The van der Waals surface area contributed by atoms with Crippen molar-refractivity contribution in [3.05, 3.63) is 78.0 Å². The number of benzene rings is 2. The second-order valence-corrected chi connectivity index (χ2v) is 6.44. The van der Waals surface area contributed by atoms with Gasteiger partial charge in [-0.05, 0) is 55.8 Å². The first kappa shape index (κ1) is 20.3. The van der Waals surface area contributed by atoms with Crippen LogP contribution in [0.1, 0.15) is 29.9 Å². The first-order valence-electron chi connectivity index (χ1n) is 9.55. The molecule has 2 aromatic carbocycles. The van der Waals surface area contributed by atoms with Crippen LogP contribution in [0.5, 0.6) is 0 Å². The fraction of sp³-hybridized carbons (Fsp3) is 0.227. The molecule has 0 saturated heterocycles. The predicted molar refractivity (Wildman–Crippen MR) is 114 cm³/mol. The van der Waals surface area contributed by atoms with E-state index in [1.807, 2.05) is 24.3 Å². The second kappa shape index (κ2) is 9.64. The molecule has 29 heavy (non-hydrogen) atoms. The molecule has 6 nitrogen and oxygen atoms in total. The van der Waals surface area contributed by atoms with Crippen LogP contribution >= 0.6 is 0 Å². The van der Waals surface area contributed by atoms with Crippen LogP contribution in [0.2, 0.25) is 0 Å². The summed E-state index contributed by atoms with van der Waals surface area (Å²) in [6.45, 7) is 6.53. The van der Waals surface area contributed by atoms with Gasteiger partial charge in [0.05, 0.1) is 0 Å². The summed E-state index contributed by atoms with van der Waals surface area (Å²) in [5.74, 6) is -0.0703. The molecule has 0 aliphatic heterocycles. The van der Waals surface area contributed by atoms with Crippen molar-refractivity contribution in [2.45, 2.75) is 20.4 Å². The molecule has 0 atom stereocenters. The molecule has 0 spiro atoms. The van der Waals surface area contributed by atoms with E-state index in [9.17, 15) is 9.18 Å². The summed E-state index contributed by atoms with van der Waals surface area (Å²) in [6, 6.07) is 15.5. The lowest BCUT2D eigenvalue weighted by Crippen LogP contribution is -2.21. The monoisotopic (exact) mass is 393 g/mol. The number of rotatable bonds is 8. The van der Waals surface area contributed by atoms with E-state index in [0.29, 0.717) is 18.1 Å². The van der Waals surface area contributed by atoms with Crippen molar-refractivity contribution >= 4 is 23.1 Å². The van der Waals surface area contributed by atoms with Crippen LogP contribution in [-0.4, -0.2) is 29.0 Å². The third-order valence-corrected chi connectivity index (χ3v) is 4.54. The summed E-state index contributed by atoms with van der Waals surface area (Å²) in [6.07, 6.45) is 1.34. The van der Waals surface area contributed by atoms with E-state index in [0.717, 1.165) is 24.3 Å². The highest BCUT2D eigenvalue weighted by Crippen LogP contribution is 2.18. The molecule has 0 bridgehead atoms. The number of nitrogens with zero attached hydrogens (tertiary/aromatic N) is 3. The van der Waals surface area contributed by atoms with Crippen molar-refractivity contribution in [3.63, 3.8) is 0 Å². The zero-order valence-electron chi connectivity index (χ0n) is 16.5. The van der Waals surface area contributed by atoms with E-state index in [-0.39, 0.29) is 17.4 Å². The Morgan fingerprint density at radius 1 is 1.00 bits per heavy atom. The van der Waals surface area contributed by atoms with Gasteiger partial charge in [0, 0.05) is 37.1 Å². The Morgan fingerprint density at radius 2 is 1.69 bits per heavy atom. The highest BCUT2D eigenvalue weighted by atomic mass is 19.1. The summed E-state index contributed by atoms with van der Waals surface area (Å²) in [5, 5.41) is 5.96. The number of halogens is 1. The number of aromatic nitrogens is 2. The molecule has 0 fully saturated rings. The predicted octanol–water partition coefficient (Wildman–Crippen LogP) is 4.33. The Kier molecular flexibility index (Phi) is 6.73. The van der Waals surface area contributed by atoms with Crippen molar-refractivity contribution in [1.82, 2.24) is 9.97 Å². The average Bonchev–Trinajstić information content (AvgIpc) is 2.75. The van der Waals surface area contributed by atoms with Crippen LogP contribution < -0.4 is 15.5 Å².